The third-order valence-corrected chi connectivity index (χ3v) is 4.17. The van der Waals surface area contributed by atoms with Crippen LogP contribution >= 0.6 is 0 Å². The van der Waals surface area contributed by atoms with Gasteiger partial charge in [0.1, 0.15) is 5.76 Å². The normalized spacial score (nSPS) is 23.5. The van der Waals surface area contributed by atoms with Crippen molar-refractivity contribution in [2.75, 3.05) is 19.6 Å². The highest BCUT2D eigenvalue weighted by atomic mass is 16.5. The Hall–Kier alpha value is -1.33. The fourth-order valence-electron chi connectivity index (χ4n) is 2.88. The second-order valence-corrected chi connectivity index (χ2v) is 6.83. The van der Waals surface area contributed by atoms with Crippen molar-refractivity contribution < 1.29 is 13.9 Å². The number of amides is 1. The highest BCUT2D eigenvalue weighted by Gasteiger charge is 2.33. The number of hydrogen-bond acceptors (Lipinski definition) is 4. The number of morpholine rings is 1. The van der Waals surface area contributed by atoms with Gasteiger partial charge >= 0.3 is 0 Å². The first-order chi connectivity index (χ1) is 10.4. The van der Waals surface area contributed by atoms with Crippen molar-refractivity contribution in [1.82, 2.24) is 10.2 Å². The van der Waals surface area contributed by atoms with Crippen LogP contribution in [0.2, 0.25) is 0 Å². The Morgan fingerprint density at radius 2 is 2.05 bits per heavy atom. The minimum absolute atomic E-state index is 0.0684. The van der Waals surface area contributed by atoms with Crippen molar-refractivity contribution >= 4 is 5.91 Å². The number of aryl methyl sites for hydroxylation is 1. The Bertz CT molecular complexity index is 460. The van der Waals surface area contributed by atoms with Gasteiger partial charge in [0.25, 0.3) is 0 Å². The number of carbonyl (C=O) groups excluding carboxylic acids is 1. The molecule has 22 heavy (non-hydrogen) atoms. The lowest BCUT2D eigenvalue weighted by molar-refractivity contribution is -0.123. The van der Waals surface area contributed by atoms with Gasteiger partial charge in [0, 0.05) is 38.0 Å². The molecule has 0 aliphatic carbocycles. The first-order valence-corrected chi connectivity index (χ1v) is 8.06. The van der Waals surface area contributed by atoms with Gasteiger partial charge in [0.15, 0.2) is 0 Å². The van der Waals surface area contributed by atoms with Gasteiger partial charge < -0.3 is 14.5 Å². The molecule has 5 nitrogen and oxygen atoms in total. The summed E-state index contributed by atoms with van der Waals surface area (Å²) < 4.78 is 11.0. The van der Waals surface area contributed by atoms with E-state index in [9.17, 15) is 4.79 Å². The molecule has 0 radical (unpaired) electrons. The summed E-state index contributed by atoms with van der Waals surface area (Å²) in [7, 11) is 0. The van der Waals surface area contributed by atoms with Crippen molar-refractivity contribution in [3.05, 3.63) is 24.2 Å². The standard InChI is InChI=1S/C17H28N2O3/c1-13-10-19(11-14(2)22-13)17(3,4)12-18-16(20)8-7-15-6-5-9-21-15/h5-6,9,13-14H,7-8,10-12H2,1-4H3,(H,18,20)/t13-,14-/m0/s1. The van der Waals surface area contributed by atoms with Crippen LogP contribution in [0.15, 0.2) is 22.8 Å². The summed E-state index contributed by atoms with van der Waals surface area (Å²) in [6.45, 7) is 11.0. The molecule has 0 bridgehead atoms. The Balaban J connectivity index is 1.77. The molecule has 0 aromatic carbocycles. The Labute approximate surface area is 133 Å². The molecular formula is C17H28N2O3. The molecule has 2 heterocycles. The van der Waals surface area contributed by atoms with Crippen LogP contribution in [0, 0.1) is 0 Å². The number of ether oxygens (including phenoxy) is 1. The summed E-state index contributed by atoms with van der Waals surface area (Å²) in [6, 6.07) is 3.74. The number of hydrogen-bond donors (Lipinski definition) is 1. The molecule has 1 N–H and O–H groups in total. The van der Waals surface area contributed by atoms with E-state index in [1.807, 2.05) is 12.1 Å². The molecule has 2 atom stereocenters. The maximum absolute atomic E-state index is 12.0. The van der Waals surface area contributed by atoms with Gasteiger partial charge in [-0.2, -0.15) is 0 Å². The zero-order valence-corrected chi connectivity index (χ0v) is 14.1. The monoisotopic (exact) mass is 308 g/mol. The van der Waals surface area contributed by atoms with E-state index in [-0.39, 0.29) is 23.7 Å². The third-order valence-electron chi connectivity index (χ3n) is 4.17. The van der Waals surface area contributed by atoms with Crippen LogP contribution in [0.3, 0.4) is 0 Å². The molecule has 1 aromatic rings. The Morgan fingerprint density at radius 3 is 2.64 bits per heavy atom. The summed E-state index contributed by atoms with van der Waals surface area (Å²) in [6.07, 6.45) is 3.21. The van der Waals surface area contributed by atoms with Gasteiger partial charge in [0.05, 0.1) is 18.5 Å². The lowest BCUT2D eigenvalue weighted by Gasteiger charge is -2.45. The minimum Gasteiger partial charge on any atom is -0.469 e. The molecule has 1 aliphatic rings. The van der Waals surface area contributed by atoms with Crippen LogP contribution in [0.4, 0.5) is 0 Å². The van der Waals surface area contributed by atoms with Crippen LogP contribution in [0.25, 0.3) is 0 Å². The van der Waals surface area contributed by atoms with Gasteiger partial charge in [-0.15, -0.1) is 0 Å². The fraction of sp³-hybridized carbons (Fsp3) is 0.706. The molecule has 1 saturated heterocycles. The molecule has 1 fully saturated rings. The second kappa shape index (κ2) is 7.29. The maximum atomic E-state index is 12.0. The zero-order chi connectivity index (χ0) is 16.2. The number of nitrogens with zero attached hydrogens (tertiary/aromatic N) is 1. The van der Waals surface area contributed by atoms with E-state index in [1.54, 1.807) is 6.26 Å². The van der Waals surface area contributed by atoms with Gasteiger partial charge in [-0.25, -0.2) is 0 Å². The average Bonchev–Trinajstić information content (AvgIpc) is 2.95. The molecule has 1 aromatic heterocycles. The smallest absolute Gasteiger partial charge is 0.220 e. The molecule has 0 unspecified atom stereocenters. The number of rotatable bonds is 6. The molecule has 1 aliphatic heterocycles. The first kappa shape index (κ1) is 17.0. The van der Waals surface area contributed by atoms with E-state index in [0.29, 0.717) is 19.4 Å². The van der Waals surface area contributed by atoms with E-state index in [0.717, 1.165) is 18.8 Å². The maximum Gasteiger partial charge on any atom is 0.220 e. The van der Waals surface area contributed by atoms with Crippen molar-refractivity contribution in [2.45, 2.75) is 58.3 Å². The third kappa shape index (κ3) is 4.85. The van der Waals surface area contributed by atoms with Crippen molar-refractivity contribution in [1.29, 1.82) is 0 Å². The van der Waals surface area contributed by atoms with E-state index in [1.165, 1.54) is 0 Å². The topological polar surface area (TPSA) is 54.7 Å². The predicted octanol–water partition coefficient (Wildman–Crippen LogP) is 2.22. The van der Waals surface area contributed by atoms with Crippen molar-refractivity contribution in [3.8, 4) is 0 Å². The van der Waals surface area contributed by atoms with Gasteiger partial charge in [0.2, 0.25) is 5.91 Å². The van der Waals surface area contributed by atoms with Crippen LogP contribution in [-0.4, -0.2) is 48.2 Å². The summed E-state index contributed by atoms with van der Waals surface area (Å²) in [5.41, 5.74) is -0.0767. The summed E-state index contributed by atoms with van der Waals surface area (Å²) in [5, 5.41) is 3.05. The summed E-state index contributed by atoms with van der Waals surface area (Å²) >= 11 is 0. The van der Waals surface area contributed by atoms with Crippen molar-refractivity contribution in [2.24, 2.45) is 0 Å². The number of furan rings is 1. The van der Waals surface area contributed by atoms with E-state index in [2.05, 4.69) is 37.9 Å². The fourth-order valence-corrected chi connectivity index (χ4v) is 2.88. The van der Waals surface area contributed by atoms with Gasteiger partial charge in [-0.05, 0) is 39.8 Å². The molecule has 124 valence electrons. The molecule has 1 amide bonds. The highest BCUT2D eigenvalue weighted by Crippen LogP contribution is 2.20. The number of nitrogens with one attached hydrogen (secondary N) is 1. The highest BCUT2D eigenvalue weighted by molar-refractivity contribution is 5.76. The Morgan fingerprint density at radius 1 is 1.36 bits per heavy atom. The largest absolute Gasteiger partial charge is 0.469 e. The number of carbonyl (C=O) groups is 1. The minimum atomic E-state index is -0.0767. The molecule has 5 heteroatoms. The van der Waals surface area contributed by atoms with Gasteiger partial charge in [-0.1, -0.05) is 0 Å². The quantitative estimate of drug-likeness (QED) is 0.875. The average molecular weight is 308 g/mol. The predicted molar refractivity (Wildman–Crippen MR) is 85.7 cm³/mol. The first-order valence-electron chi connectivity index (χ1n) is 8.06. The lowest BCUT2D eigenvalue weighted by atomic mass is 10.00. The van der Waals surface area contributed by atoms with Crippen molar-refractivity contribution in [3.63, 3.8) is 0 Å². The van der Waals surface area contributed by atoms with Crippen LogP contribution < -0.4 is 5.32 Å². The van der Waals surface area contributed by atoms with Crippen LogP contribution in [0.1, 0.15) is 39.9 Å². The van der Waals surface area contributed by atoms with Crippen LogP contribution in [0.5, 0.6) is 0 Å². The summed E-state index contributed by atoms with van der Waals surface area (Å²) in [4.78, 5) is 14.4. The van der Waals surface area contributed by atoms with E-state index < -0.39 is 0 Å². The molecule has 0 spiro atoms. The lowest BCUT2D eigenvalue weighted by Crippen LogP contribution is -2.58. The molecule has 0 saturated carbocycles. The molecular weight excluding hydrogens is 280 g/mol. The summed E-state index contributed by atoms with van der Waals surface area (Å²) in [5.74, 6) is 0.920. The van der Waals surface area contributed by atoms with E-state index >= 15 is 0 Å². The zero-order valence-electron chi connectivity index (χ0n) is 14.1. The van der Waals surface area contributed by atoms with Crippen LogP contribution in [-0.2, 0) is 16.0 Å². The van der Waals surface area contributed by atoms with Gasteiger partial charge in [-0.3, -0.25) is 9.69 Å². The second-order valence-electron chi connectivity index (χ2n) is 6.83. The Kier molecular flexibility index (Phi) is 5.64. The SMILES string of the molecule is C[C@H]1CN(C(C)(C)CNC(=O)CCc2ccco2)C[C@H](C)O1. The molecule has 2 rings (SSSR count). The van der Waals surface area contributed by atoms with E-state index in [4.69, 9.17) is 9.15 Å².